The Morgan fingerprint density at radius 3 is 2.71 bits per heavy atom. The molecule has 2 fully saturated rings. The minimum Gasteiger partial charge on any atom is -0.352 e. The zero-order valence-corrected chi connectivity index (χ0v) is 15.4. The predicted molar refractivity (Wildman–Crippen MR) is 93.9 cm³/mol. The highest BCUT2D eigenvalue weighted by atomic mass is 35.5. The molecule has 1 unspecified atom stereocenters. The van der Waals surface area contributed by atoms with Crippen molar-refractivity contribution in [2.45, 2.75) is 69.6 Å². The number of nitrogens with one attached hydrogen (secondary N) is 1. The van der Waals surface area contributed by atoms with Crippen molar-refractivity contribution in [3.8, 4) is 0 Å². The smallest absolute Gasteiger partial charge is 0.223 e. The van der Waals surface area contributed by atoms with E-state index in [2.05, 4.69) is 5.32 Å². The van der Waals surface area contributed by atoms with Crippen molar-refractivity contribution in [3.05, 3.63) is 33.8 Å². The molecule has 1 N–H and O–H groups in total. The van der Waals surface area contributed by atoms with Crippen LogP contribution in [0, 0.1) is 0 Å². The normalized spacial score (nSPS) is 25.8. The summed E-state index contributed by atoms with van der Waals surface area (Å²) in [6.07, 6.45) is 6.66. The predicted octanol–water partition coefficient (Wildman–Crippen LogP) is 4.81. The van der Waals surface area contributed by atoms with Crippen LogP contribution in [-0.4, -0.2) is 17.1 Å². The van der Waals surface area contributed by atoms with E-state index in [0.29, 0.717) is 16.6 Å². The third-order valence-electron chi connectivity index (χ3n) is 4.92. The summed E-state index contributed by atoms with van der Waals surface area (Å²) in [5.41, 5.74) is 0.0401. The third-order valence-corrected chi connectivity index (χ3v) is 5.78. The van der Waals surface area contributed by atoms with Crippen LogP contribution in [0.1, 0.15) is 57.4 Å². The summed E-state index contributed by atoms with van der Waals surface area (Å²) in [4.78, 5) is 23.6. The van der Waals surface area contributed by atoms with Crippen molar-refractivity contribution in [2.75, 3.05) is 0 Å². The summed E-state index contributed by atoms with van der Waals surface area (Å²) >= 11 is 12.1. The Morgan fingerprint density at radius 2 is 1.96 bits per heavy atom. The lowest BCUT2D eigenvalue weighted by Gasteiger charge is -2.30. The molecular weight excluding hydrogens is 349 g/mol. The molecule has 0 bridgehead atoms. The van der Waals surface area contributed by atoms with E-state index in [1.807, 2.05) is 19.1 Å². The second-order valence-electron chi connectivity index (χ2n) is 7.20. The van der Waals surface area contributed by atoms with Crippen molar-refractivity contribution < 1.29 is 14.6 Å². The maximum Gasteiger partial charge on any atom is 0.223 e. The van der Waals surface area contributed by atoms with Crippen LogP contribution in [0.2, 0.25) is 10.0 Å². The van der Waals surface area contributed by atoms with Gasteiger partial charge in [-0.15, -0.1) is 0 Å². The van der Waals surface area contributed by atoms with E-state index in [-0.39, 0.29) is 17.9 Å². The summed E-state index contributed by atoms with van der Waals surface area (Å²) in [5, 5.41) is 3.86. The number of hydrogen-bond donors (Lipinski definition) is 1. The van der Waals surface area contributed by atoms with E-state index in [9.17, 15) is 4.79 Å². The molecule has 1 aromatic carbocycles. The number of rotatable bonds is 4. The monoisotopic (exact) mass is 371 g/mol. The fourth-order valence-corrected chi connectivity index (χ4v) is 4.15. The lowest BCUT2D eigenvalue weighted by atomic mass is 9.77. The van der Waals surface area contributed by atoms with Crippen molar-refractivity contribution >= 4 is 29.1 Å². The number of carbonyl (C=O) groups excluding carboxylic acids is 1. The quantitative estimate of drug-likeness (QED) is 0.772. The van der Waals surface area contributed by atoms with Crippen LogP contribution >= 0.6 is 23.2 Å². The van der Waals surface area contributed by atoms with E-state index in [1.165, 1.54) is 19.3 Å². The molecule has 1 spiro atoms. The molecule has 1 amide bonds. The fourth-order valence-electron chi connectivity index (χ4n) is 3.76. The molecule has 1 aliphatic carbocycles. The highest BCUT2D eigenvalue weighted by molar-refractivity contribution is 6.42. The molecule has 0 aromatic heterocycles. The third kappa shape index (κ3) is 4.05. The maximum atomic E-state index is 12.3. The van der Waals surface area contributed by atoms with Crippen LogP contribution in [0.25, 0.3) is 0 Å². The Balaban J connectivity index is 1.54. The molecule has 1 atom stereocenters. The first-order chi connectivity index (χ1) is 11.4. The van der Waals surface area contributed by atoms with E-state index in [4.69, 9.17) is 33.0 Å². The number of hydrogen-bond acceptors (Lipinski definition) is 3. The first-order valence-electron chi connectivity index (χ1n) is 8.48. The van der Waals surface area contributed by atoms with Gasteiger partial charge < -0.3 is 5.32 Å². The summed E-state index contributed by atoms with van der Waals surface area (Å²) in [6.45, 7) is 2.29. The molecule has 4 nitrogen and oxygen atoms in total. The van der Waals surface area contributed by atoms with Gasteiger partial charge in [-0.3, -0.25) is 4.79 Å². The molecule has 3 rings (SSSR count). The number of carbonyl (C=O) groups is 1. The Kier molecular flexibility index (Phi) is 5.40. The minimum atomic E-state index is -0.570. The lowest BCUT2D eigenvalue weighted by Crippen LogP contribution is -2.37. The summed E-state index contributed by atoms with van der Waals surface area (Å²) in [7, 11) is 0. The lowest BCUT2D eigenvalue weighted by molar-refractivity contribution is -0.351. The van der Waals surface area contributed by atoms with Gasteiger partial charge in [-0.2, -0.15) is 0 Å². The van der Waals surface area contributed by atoms with Crippen LogP contribution in [-0.2, 0) is 21.1 Å². The highest BCUT2D eigenvalue weighted by Crippen LogP contribution is 2.46. The molecule has 24 heavy (non-hydrogen) atoms. The van der Waals surface area contributed by atoms with Gasteiger partial charge in [-0.05, 0) is 31.4 Å². The Morgan fingerprint density at radius 1 is 1.21 bits per heavy atom. The zero-order chi connectivity index (χ0) is 17.2. The minimum absolute atomic E-state index is 0.0787. The van der Waals surface area contributed by atoms with E-state index < -0.39 is 5.60 Å². The van der Waals surface area contributed by atoms with Crippen molar-refractivity contribution in [2.24, 2.45) is 0 Å². The molecule has 0 radical (unpaired) electrons. The van der Waals surface area contributed by atoms with E-state index >= 15 is 0 Å². The van der Waals surface area contributed by atoms with Gasteiger partial charge in [-0.25, -0.2) is 9.78 Å². The second kappa shape index (κ2) is 7.20. The summed E-state index contributed by atoms with van der Waals surface area (Å²) in [5.74, 6) is -0.0787. The van der Waals surface area contributed by atoms with Crippen LogP contribution in [0.5, 0.6) is 0 Å². The highest BCUT2D eigenvalue weighted by Gasteiger charge is 2.50. The molecule has 2 aliphatic rings. The van der Waals surface area contributed by atoms with E-state index in [1.54, 1.807) is 6.07 Å². The zero-order valence-electron chi connectivity index (χ0n) is 13.9. The van der Waals surface area contributed by atoms with Crippen molar-refractivity contribution in [1.82, 2.24) is 5.32 Å². The van der Waals surface area contributed by atoms with Gasteiger partial charge in [0.2, 0.25) is 5.91 Å². The van der Waals surface area contributed by atoms with Gasteiger partial charge in [0.25, 0.3) is 0 Å². The van der Waals surface area contributed by atoms with Crippen molar-refractivity contribution in [1.29, 1.82) is 0 Å². The largest absolute Gasteiger partial charge is 0.352 e. The second-order valence-corrected chi connectivity index (χ2v) is 7.99. The summed E-state index contributed by atoms with van der Waals surface area (Å²) in [6, 6.07) is 5.39. The standard InChI is InChI=1S/C18H23Cl2NO3/c1-17(12-18(24-23-17)8-3-2-4-9-18)10-15(22)21-11-13-6-5-7-14(19)16(13)20/h5-7H,2-4,8-12H2,1H3,(H,21,22). The number of halogens is 2. The van der Waals surface area contributed by atoms with Gasteiger partial charge in [0.05, 0.1) is 16.5 Å². The van der Waals surface area contributed by atoms with Gasteiger partial charge in [0, 0.05) is 13.0 Å². The summed E-state index contributed by atoms with van der Waals surface area (Å²) < 4.78 is 0. The van der Waals surface area contributed by atoms with Crippen LogP contribution < -0.4 is 5.32 Å². The molecule has 132 valence electrons. The number of amides is 1. The Hall–Kier alpha value is -0.810. The van der Waals surface area contributed by atoms with Crippen LogP contribution in [0.3, 0.4) is 0 Å². The topological polar surface area (TPSA) is 47.6 Å². The van der Waals surface area contributed by atoms with Gasteiger partial charge in [0.1, 0.15) is 11.2 Å². The molecule has 1 aliphatic heterocycles. The first-order valence-corrected chi connectivity index (χ1v) is 9.24. The van der Waals surface area contributed by atoms with Gasteiger partial charge in [-0.1, -0.05) is 54.6 Å². The Labute approximate surface area is 152 Å². The Bertz CT molecular complexity index is 616. The average molecular weight is 372 g/mol. The molecule has 6 heteroatoms. The SMILES string of the molecule is CC1(CC(=O)NCc2cccc(Cl)c2Cl)CC2(CCCCC2)OO1. The fraction of sp³-hybridized carbons (Fsp3) is 0.611. The molecule has 1 saturated carbocycles. The van der Waals surface area contributed by atoms with Crippen LogP contribution in [0.15, 0.2) is 18.2 Å². The van der Waals surface area contributed by atoms with E-state index in [0.717, 1.165) is 24.8 Å². The van der Waals surface area contributed by atoms with Gasteiger partial charge >= 0.3 is 0 Å². The molecule has 1 aromatic rings. The number of benzene rings is 1. The van der Waals surface area contributed by atoms with Crippen LogP contribution in [0.4, 0.5) is 0 Å². The van der Waals surface area contributed by atoms with Gasteiger partial charge in [0.15, 0.2) is 0 Å². The maximum absolute atomic E-state index is 12.3. The average Bonchev–Trinajstić information content (AvgIpc) is 2.85. The molecular formula is C18H23Cl2NO3. The van der Waals surface area contributed by atoms with Crippen molar-refractivity contribution in [3.63, 3.8) is 0 Å². The first kappa shape index (κ1) is 18.0. The molecule has 1 saturated heterocycles. The molecule has 1 heterocycles.